The molecular formula is C16H16ClN3O6S. The molecule has 0 aliphatic rings. The number of nitrogens with zero attached hydrogens (tertiary/aromatic N) is 1. The number of benzene rings is 2. The fourth-order valence-electron chi connectivity index (χ4n) is 2.14. The van der Waals surface area contributed by atoms with E-state index < -0.39 is 27.5 Å². The highest BCUT2D eigenvalue weighted by molar-refractivity contribution is 7.89. The van der Waals surface area contributed by atoms with Crippen LogP contribution >= 0.6 is 11.6 Å². The lowest BCUT2D eigenvalue weighted by molar-refractivity contribution is -0.384. The second-order valence-corrected chi connectivity index (χ2v) is 7.66. The third-order valence-corrected chi connectivity index (χ3v) is 5.37. The number of anilines is 1. The van der Waals surface area contributed by atoms with Crippen LogP contribution in [0.25, 0.3) is 0 Å². The van der Waals surface area contributed by atoms with E-state index in [-0.39, 0.29) is 27.0 Å². The number of nitrogens with one attached hydrogen (secondary N) is 2. The molecule has 1 amide bonds. The van der Waals surface area contributed by atoms with Gasteiger partial charge < -0.3 is 10.1 Å². The van der Waals surface area contributed by atoms with Crippen molar-refractivity contribution in [3.8, 4) is 5.75 Å². The Hall–Kier alpha value is -2.69. The molecule has 0 bridgehead atoms. The number of carbonyl (C=O) groups is 1. The zero-order chi connectivity index (χ0) is 20.2. The number of nitro groups is 1. The van der Waals surface area contributed by atoms with Crippen LogP contribution in [0.1, 0.15) is 5.56 Å². The normalized spacial score (nSPS) is 11.1. The summed E-state index contributed by atoms with van der Waals surface area (Å²) in [5, 5.41) is 13.2. The molecule has 11 heteroatoms. The number of hydrogen-bond acceptors (Lipinski definition) is 6. The Kier molecular flexibility index (Phi) is 6.37. The molecule has 0 fully saturated rings. The number of nitro benzene ring substituents is 1. The van der Waals surface area contributed by atoms with Crippen molar-refractivity contribution in [1.29, 1.82) is 0 Å². The largest absolute Gasteiger partial charge is 0.482 e. The predicted octanol–water partition coefficient (Wildman–Crippen LogP) is 2.48. The molecule has 27 heavy (non-hydrogen) atoms. The minimum absolute atomic E-state index is 0.00487. The number of hydrogen-bond donors (Lipinski definition) is 2. The fraction of sp³-hybridized carbons (Fsp3) is 0.188. The fourth-order valence-corrected chi connectivity index (χ4v) is 3.36. The van der Waals surface area contributed by atoms with Gasteiger partial charge in [0.05, 0.1) is 14.8 Å². The Balaban J connectivity index is 2.06. The predicted molar refractivity (Wildman–Crippen MR) is 99.7 cm³/mol. The molecule has 9 nitrogen and oxygen atoms in total. The van der Waals surface area contributed by atoms with E-state index in [2.05, 4.69) is 10.0 Å². The van der Waals surface area contributed by atoms with Gasteiger partial charge in [-0.1, -0.05) is 17.7 Å². The number of non-ortho nitro benzene ring substituents is 1. The van der Waals surface area contributed by atoms with E-state index in [0.717, 1.165) is 6.07 Å². The van der Waals surface area contributed by atoms with Gasteiger partial charge in [0.2, 0.25) is 10.0 Å². The second kappa shape index (κ2) is 8.33. The number of ether oxygens (including phenoxy) is 1. The average Bonchev–Trinajstić information content (AvgIpc) is 2.62. The van der Waals surface area contributed by atoms with Crippen molar-refractivity contribution in [3.05, 3.63) is 57.1 Å². The maximum Gasteiger partial charge on any atom is 0.271 e. The Morgan fingerprint density at radius 2 is 1.96 bits per heavy atom. The Morgan fingerprint density at radius 1 is 1.26 bits per heavy atom. The molecule has 2 aromatic rings. The molecule has 0 heterocycles. The van der Waals surface area contributed by atoms with Crippen LogP contribution in [-0.2, 0) is 14.8 Å². The van der Waals surface area contributed by atoms with Crippen molar-refractivity contribution in [2.24, 2.45) is 0 Å². The molecule has 2 N–H and O–H groups in total. The molecule has 0 aliphatic heterocycles. The van der Waals surface area contributed by atoms with Crippen LogP contribution in [0.15, 0.2) is 41.3 Å². The Labute approximate surface area is 160 Å². The number of carbonyl (C=O) groups excluding carboxylic acids is 1. The minimum atomic E-state index is -3.66. The molecule has 0 aromatic heterocycles. The number of sulfonamides is 1. The minimum Gasteiger partial charge on any atom is -0.482 e. The van der Waals surface area contributed by atoms with E-state index in [1.807, 2.05) is 0 Å². The van der Waals surface area contributed by atoms with Crippen molar-refractivity contribution in [2.75, 3.05) is 19.0 Å². The van der Waals surface area contributed by atoms with Gasteiger partial charge in [-0.2, -0.15) is 0 Å². The highest BCUT2D eigenvalue weighted by Gasteiger charge is 2.16. The molecule has 0 saturated heterocycles. The summed E-state index contributed by atoms with van der Waals surface area (Å²) in [4.78, 5) is 22.2. The van der Waals surface area contributed by atoms with Gasteiger partial charge in [-0.3, -0.25) is 14.9 Å². The second-order valence-electron chi connectivity index (χ2n) is 5.40. The van der Waals surface area contributed by atoms with Gasteiger partial charge in [0, 0.05) is 17.8 Å². The average molecular weight is 414 g/mol. The number of halogens is 1. The van der Waals surface area contributed by atoms with E-state index in [9.17, 15) is 23.3 Å². The lowest BCUT2D eigenvalue weighted by Gasteiger charge is -2.11. The zero-order valence-electron chi connectivity index (χ0n) is 14.4. The van der Waals surface area contributed by atoms with Crippen LogP contribution in [0.2, 0.25) is 5.02 Å². The monoisotopic (exact) mass is 413 g/mol. The smallest absolute Gasteiger partial charge is 0.271 e. The van der Waals surface area contributed by atoms with Crippen LogP contribution in [0.5, 0.6) is 5.75 Å². The Morgan fingerprint density at radius 3 is 2.56 bits per heavy atom. The maximum absolute atomic E-state index is 12.0. The Bertz CT molecular complexity index is 994. The molecule has 0 spiro atoms. The first kappa shape index (κ1) is 20.6. The lowest BCUT2D eigenvalue weighted by Crippen LogP contribution is -2.22. The molecule has 2 aromatic carbocycles. The van der Waals surface area contributed by atoms with E-state index in [0.29, 0.717) is 5.56 Å². The third kappa shape index (κ3) is 5.16. The van der Waals surface area contributed by atoms with Gasteiger partial charge in [0.1, 0.15) is 5.75 Å². The number of rotatable bonds is 7. The number of amides is 1. The highest BCUT2D eigenvalue weighted by Crippen LogP contribution is 2.28. The standard InChI is InChI=1S/C16H16ClN3O6S/c1-10-3-4-11(7-15(10)27(24,25)18-2)19-16(21)9-26-14-6-5-12(20(22)23)8-13(14)17/h3-8,18H,9H2,1-2H3,(H,19,21). The number of aryl methyl sites for hydroxylation is 1. The SMILES string of the molecule is CNS(=O)(=O)c1cc(NC(=O)COc2ccc([N+](=O)[O-])cc2Cl)ccc1C. The summed E-state index contributed by atoms with van der Waals surface area (Å²) in [5.74, 6) is -0.444. The molecule has 2 rings (SSSR count). The first-order valence-corrected chi connectivity index (χ1v) is 9.41. The van der Waals surface area contributed by atoms with Crippen molar-refractivity contribution < 1.29 is 22.9 Å². The molecule has 0 radical (unpaired) electrons. The van der Waals surface area contributed by atoms with Crippen molar-refractivity contribution in [2.45, 2.75) is 11.8 Å². The van der Waals surface area contributed by atoms with Gasteiger partial charge in [-0.05, 0) is 37.7 Å². The van der Waals surface area contributed by atoms with Crippen LogP contribution in [0.4, 0.5) is 11.4 Å². The van der Waals surface area contributed by atoms with Crippen molar-refractivity contribution in [3.63, 3.8) is 0 Å². The summed E-state index contributed by atoms with van der Waals surface area (Å²) < 4.78 is 31.4. The summed E-state index contributed by atoms with van der Waals surface area (Å²) in [5.41, 5.74) is 0.601. The van der Waals surface area contributed by atoms with E-state index in [1.54, 1.807) is 19.1 Å². The van der Waals surface area contributed by atoms with Gasteiger partial charge in [0.15, 0.2) is 6.61 Å². The molecule has 0 saturated carbocycles. The molecule has 0 aliphatic carbocycles. The molecule has 0 unspecified atom stereocenters. The van der Waals surface area contributed by atoms with Crippen LogP contribution < -0.4 is 14.8 Å². The summed E-state index contributed by atoms with van der Waals surface area (Å²) in [6.45, 7) is 1.22. The topological polar surface area (TPSA) is 128 Å². The van der Waals surface area contributed by atoms with Gasteiger partial charge in [-0.25, -0.2) is 13.1 Å². The third-order valence-electron chi connectivity index (χ3n) is 3.52. The molecular weight excluding hydrogens is 398 g/mol. The van der Waals surface area contributed by atoms with Gasteiger partial charge in [-0.15, -0.1) is 0 Å². The van der Waals surface area contributed by atoms with Crippen molar-refractivity contribution >= 4 is 38.9 Å². The van der Waals surface area contributed by atoms with Gasteiger partial charge in [0.25, 0.3) is 11.6 Å². The van der Waals surface area contributed by atoms with E-state index in [4.69, 9.17) is 16.3 Å². The first-order chi connectivity index (χ1) is 12.6. The van der Waals surface area contributed by atoms with Gasteiger partial charge >= 0.3 is 0 Å². The molecule has 144 valence electrons. The molecule has 0 atom stereocenters. The lowest BCUT2D eigenvalue weighted by atomic mass is 10.2. The first-order valence-electron chi connectivity index (χ1n) is 7.55. The summed E-state index contributed by atoms with van der Waals surface area (Å²) >= 11 is 5.89. The van der Waals surface area contributed by atoms with Crippen LogP contribution in [-0.4, -0.2) is 32.9 Å². The van der Waals surface area contributed by atoms with Crippen LogP contribution in [0.3, 0.4) is 0 Å². The quantitative estimate of drug-likeness (QED) is 0.530. The maximum atomic E-state index is 12.0. The van der Waals surface area contributed by atoms with Crippen LogP contribution in [0, 0.1) is 17.0 Å². The van der Waals surface area contributed by atoms with E-state index >= 15 is 0 Å². The highest BCUT2D eigenvalue weighted by atomic mass is 35.5. The summed E-state index contributed by atoms with van der Waals surface area (Å²) in [6, 6.07) is 8.06. The summed E-state index contributed by atoms with van der Waals surface area (Å²) in [6.07, 6.45) is 0. The summed E-state index contributed by atoms with van der Waals surface area (Å²) in [7, 11) is -2.37. The van der Waals surface area contributed by atoms with Crippen molar-refractivity contribution in [1.82, 2.24) is 4.72 Å². The van der Waals surface area contributed by atoms with E-state index in [1.165, 1.54) is 25.2 Å². The zero-order valence-corrected chi connectivity index (χ0v) is 15.9.